The Bertz CT molecular complexity index is 515. The average Bonchev–Trinajstić information content (AvgIpc) is 2.45. The van der Waals surface area contributed by atoms with Crippen LogP contribution in [0.25, 0.3) is 0 Å². The van der Waals surface area contributed by atoms with Gasteiger partial charge in [-0.3, -0.25) is 0 Å². The smallest absolute Gasteiger partial charge is 0.326 e. The SMILES string of the molecule is O=C(Nc1cccc(F)c1)NC(C(=O)O)C1CCCCC1. The molecule has 0 spiro atoms. The Morgan fingerprint density at radius 3 is 2.57 bits per heavy atom. The van der Waals surface area contributed by atoms with Crippen LogP contribution in [0.3, 0.4) is 0 Å². The fourth-order valence-corrected chi connectivity index (χ4v) is 2.72. The van der Waals surface area contributed by atoms with Crippen LogP contribution in [-0.2, 0) is 4.79 Å². The third-order valence-electron chi connectivity index (χ3n) is 3.76. The maximum atomic E-state index is 13.0. The molecule has 2 rings (SSSR count). The van der Waals surface area contributed by atoms with Gasteiger partial charge in [0.15, 0.2) is 0 Å². The molecule has 1 aliphatic rings. The fraction of sp³-hybridized carbons (Fsp3) is 0.467. The van der Waals surface area contributed by atoms with Gasteiger partial charge in [0.25, 0.3) is 0 Å². The van der Waals surface area contributed by atoms with Crippen molar-refractivity contribution < 1.29 is 19.1 Å². The van der Waals surface area contributed by atoms with Gasteiger partial charge in [0.1, 0.15) is 11.9 Å². The molecule has 1 aliphatic carbocycles. The number of carboxylic acids is 1. The van der Waals surface area contributed by atoms with Crippen LogP contribution in [0.1, 0.15) is 32.1 Å². The molecular weight excluding hydrogens is 275 g/mol. The molecule has 1 fully saturated rings. The van der Waals surface area contributed by atoms with E-state index in [9.17, 15) is 19.1 Å². The number of carbonyl (C=O) groups excluding carboxylic acids is 1. The molecule has 6 heteroatoms. The van der Waals surface area contributed by atoms with Crippen molar-refractivity contribution >= 4 is 17.7 Å². The van der Waals surface area contributed by atoms with E-state index in [2.05, 4.69) is 10.6 Å². The van der Waals surface area contributed by atoms with Crippen molar-refractivity contribution in [3.8, 4) is 0 Å². The summed E-state index contributed by atoms with van der Waals surface area (Å²) in [5.74, 6) is -1.54. The Morgan fingerprint density at radius 2 is 1.95 bits per heavy atom. The topological polar surface area (TPSA) is 78.4 Å². The molecule has 1 aromatic carbocycles. The second-order valence-corrected chi connectivity index (χ2v) is 5.32. The minimum atomic E-state index is -1.03. The lowest BCUT2D eigenvalue weighted by Gasteiger charge is -2.28. The normalized spacial score (nSPS) is 17.0. The van der Waals surface area contributed by atoms with Gasteiger partial charge in [0, 0.05) is 5.69 Å². The first kappa shape index (κ1) is 15.3. The molecule has 2 amide bonds. The third kappa shape index (κ3) is 4.44. The Labute approximate surface area is 122 Å². The molecule has 1 unspecified atom stereocenters. The Morgan fingerprint density at radius 1 is 1.24 bits per heavy atom. The van der Waals surface area contributed by atoms with Crippen LogP contribution in [0.5, 0.6) is 0 Å². The van der Waals surface area contributed by atoms with Crippen molar-refractivity contribution in [3.63, 3.8) is 0 Å². The first-order valence-electron chi connectivity index (χ1n) is 7.12. The van der Waals surface area contributed by atoms with Crippen molar-refractivity contribution in [1.29, 1.82) is 0 Å². The molecule has 0 heterocycles. The van der Waals surface area contributed by atoms with Gasteiger partial charge in [-0.25, -0.2) is 14.0 Å². The number of anilines is 1. The van der Waals surface area contributed by atoms with Crippen LogP contribution in [0.2, 0.25) is 0 Å². The highest BCUT2D eigenvalue weighted by Crippen LogP contribution is 2.26. The molecule has 1 atom stereocenters. The Hall–Kier alpha value is -2.11. The van der Waals surface area contributed by atoms with Crippen LogP contribution in [0.15, 0.2) is 24.3 Å². The average molecular weight is 294 g/mol. The number of carboxylic acid groups (broad SMARTS) is 1. The Balaban J connectivity index is 1.96. The molecule has 0 saturated heterocycles. The molecule has 3 N–H and O–H groups in total. The highest BCUT2D eigenvalue weighted by molar-refractivity contribution is 5.92. The predicted molar refractivity (Wildman–Crippen MR) is 76.6 cm³/mol. The number of halogens is 1. The summed E-state index contributed by atoms with van der Waals surface area (Å²) in [6.45, 7) is 0. The monoisotopic (exact) mass is 294 g/mol. The van der Waals surface area contributed by atoms with Crippen LogP contribution < -0.4 is 10.6 Å². The maximum Gasteiger partial charge on any atom is 0.326 e. The maximum absolute atomic E-state index is 13.0. The third-order valence-corrected chi connectivity index (χ3v) is 3.76. The predicted octanol–water partition coefficient (Wildman–Crippen LogP) is 2.98. The number of hydrogen-bond donors (Lipinski definition) is 3. The summed E-state index contributed by atoms with van der Waals surface area (Å²) in [5.41, 5.74) is 0.292. The van der Waals surface area contributed by atoms with Gasteiger partial charge in [-0.05, 0) is 37.0 Å². The summed E-state index contributed by atoms with van der Waals surface area (Å²) < 4.78 is 13.0. The first-order valence-corrected chi connectivity index (χ1v) is 7.12. The van der Waals surface area contributed by atoms with Crippen molar-refractivity contribution in [1.82, 2.24) is 5.32 Å². The second kappa shape index (κ2) is 7.06. The Kier molecular flexibility index (Phi) is 5.14. The van der Waals surface area contributed by atoms with Crippen LogP contribution >= 0.6 is 0 Å². The quantitative estimate of drug-likeness (QED) is 0.798. The zero-order chi connectivity index (χ0) is 15.2. The zero-order valence-electron chi connectivity index (χ0n) is 11.6. The molecule has 5 nitrogen and oxygen atoms in total. The molecule has 1 aromatic rings. The molecule has 21 heavy (non-hydrogen) atoms. The lowest BCUT2D eigenvalue weighted by atomic mass is 9.84. The minimum Gasteiger partial charge on any atom is -0.480 e. The van der Waals surface area contributed by atoms with Crippen LogP contribution in [0.4, 0.5) is 14.9 Å². The summed E-state index contributed by atoms with van der Waals surface area (Å²) in [7, 11) is 0. The largest absolute Gasteiger partial charge is 0.480 e. The standard InChI is InChI=1S/C15H19FN2O3/c16-11-7-4-8-12(9-11)17-15(21)18-13(14(19)20)10-5-2-1-3-6-10/h4,7-10,13H,1-3,5-6H2,(H,19,20)(H2,17,18,21). The van der Waals surface area contributed by atoms with Crippen molar-refractivity contribution in [3.05, 3.63) is 30.1 Å². The summed E-state index contributed by atoms with van der Waals surface area (Å²) in [6.07, 6.45) is 4.69. The van der Waals surface area contributed by atoms with E-state index in [1.807, 2.05) is 0 Å². The van der Waals surface area contributed by atoms with E-state index in [0.29, 0.717) is 5.69 Å². The number of amides is 2. The summed E-state index contributed by atoms with van der Waals surface area (Å²) in [6, 6.07) is 3.93. The van der Waals surface area contributed by atoms with Gasteiger partial charge >= 0.3 is 12.0 Å². The van der Waals surface area contributed by atoms with Crippen LogP contribution in [-0.4, -0.2) is 23.1 Å². The number of aliphatic carboxylic acids is 1. The van der Waals surface area contributed by atoms with Gasteiger partial charge in [-0.1, -0.05) is 25.3 Å². The molecule has 0 aromatic heterocycles. The van der Waals surface area contributed by atoms with E-state index >= 15 is 0 Å². The van der Waals surface area contributed by atoms with Crippen LogP contribution in [0, 0.1) is 11.7 Å². The summed E-state index contributed by atoms with van der Waals surface area (Å²) in [5, 5.41) is 14.2. The highest BCUT2D eigenvalue weighted by atomic mass is 19.1. The van der Waals surface area contributed by atoms with Gasteiger partial charge in [0.05, 0.1) is 0 Å². The van der Waals surface area contributed by atoms with Gasteiger partial charge in [-0.2, -0.15) is 0 Å². The molecule has 0 radical (unpaired) electrons. The highest BCUT2D eigenvalue weighted by Gasteiger charge is 2.30. The van der Waals surface area contributed by atoms with E-state index in [1.54, 1.807) is 6.07 Å². The fourth-order valence-electron chi connectivity index (χ4n) is 2.72. The van der Waals surface area contributed by atoms with Crippen molar-refractivity contribution in [2.75, 3.05) is 5.32 Å². The molecule has 0 aliphatic heterocycles. The molecule has 0 bridgehead atoms. The summed E-state index contributed by atoms with van der Waals surface area (Å²) >= 11 is 0. The minimum absolute atomic E-state index is 0.0468. The molecule has 1 saturated carbocycles. The van der Waals surface area contributed by atoms with E-state index in [0.717, 1.165) is 32.1 Å². The first-order chi connectivity index (χ1) is 10.1. The van der Waals surface area contributed by atoms with Gasteiger partial charge in [0.2, 0.25) is 0 Å². The number of carbonyl (C=O) groups is 2. The number of nitrogens with one attached hydrogen (secondary N) is 2. The number of hydrogen-bond acceptors (Lipinski definition) is 2. The van der Waals surface area contributed by atoms with Gasteiger partial charge in [-0.15, -0.1) is 0 Å². The van der Waals surface area contributed by atoms with Crippen molar-refractivity contribution in [2.45, 2.75) is 38.1 Å². The van der Waals surface area contributed by atoms with E-state index in [1.165, 1.54) is 18.2 Å². The number of urea groups is 1. The lowest BCUT2D eigenvalue weighted by Crippen LogP contribution is -2.48. The van der Waals surface area contributed by atoms with Gasteiger partial charge < -0.3 is 15.7 Å². The van der Waals surface area contributed by atoms with E-state index in [4.69, 9.17) is 0 Å². The number of benzene rings is 1. The summed E-state index contributed by atoms with van der Waals surface area (Å²) in [4.78, 5) is 23.2. The van der Waals surface area contributed by atoms with E-state index in [-0.39, 0.29) is 5.92 Å². The second-order valence-electron chi connectivity index (χ2n) is 5.32. The zero-order valence-corrected chi connectivity index (χ0v) is 11.6. The van der Waals surface area contributed by atoms with E-state index < -0.39 is 23.9 Å². The molecule has 114 valence electrons. The van der Waals surface area contributed by atoms with Crippen molar-refractivity contribution in [2.24, 2.45) is 5.92 Å². The molecular formula is C15H19FN2O3. The lowest BCUT2D eigenvalue weighted by molar-refractivity contribution is -0.141. The number of rotatable bonds is 4.